The maximum atomic E-state index is 13.4. The summed E-state index contributed by atoms with van der Waals surface area (Å²) in [5, 5.41) is 6.56. The zero-order chi connectivity index (χ0) is 13.7. The van der Waals surface area contributed by atoms with Crippen LogP contribution in [0.2, 0.25) is 0 Å². The number of amides is 1. The number of nitrogens with one attached hydrogen (secondary N) is 1. The molecule has 0 spiro atoms. The minimum Gasteiger partial charge on any atom is -0.352 e. The van der Waals surface area contributed by atoms with E-state index >= 15 is 0 Å². The Morgan fingerprint density at radius 2 is 2.32 bits per heavy atom. The van der Waals surface area contributed by atoms with Crippen LogP contribution in [0, 0.1) is 5.82 Å². The van der Waals surface area contributed by atoms with Gasteiger partial charge in [0.1, 0.15) is 18.5 Å². The standard InChI is InChI=1S/C12H12BrFN4O/c13-10-1-2-11(14)9(5-10)6-16-12(19)3-4-18-8-15-7-17-18/h1-2,5,7-8H,3-4,6H2,(H,16,19). The number of carbonyl (C=O) groups excluding carboxylic acids is 1. The van der Waals surface area contributed by atoms with Gasteiger partial charge in [-0.3, -0.25) is 9.48 Å². The normalized spacial score (nSPS) is 10.4. The Morgan fingerprint density at radius 3 is 3.05 bits per heavy atom. The summed E-state index contributed by atoms with van der Waals surface area (Å²) in [4.78, 5) is 15.4. The monoisotopic (exact) mass is 326 g/mol. The van der Waals surface area contributed by atoms with Crippen molar-refractivity contribution >= 4 is 21.8 Å². The zero-order valence-corrected chi connectivity index (χ0v) is 11.6. The van der Waals surface area contributed by atoms with E-state index in [1.165, 1.54) is 12.4 Å². The van der Waals surface area contributed by atoms with Gasteiger partial charge in [-0.25, -0.2) is 9.37 Å². The molecule has 100 valence electrons. The molecule has 1 aromatic carbocycles. The fraction of sp³-hybridized carbons (Fsp3) is 0.250. The van der Waals surface area contributed by atoms with Gasteiger partial charge in [-0.1, -0.05) is 15.9 Å². The van der Waals surface area contributed by atoms with Crippen LogP contribution in [0.15, 0.2) is 35.3 Å². The lowest BCUT2D eigenvalue weighted by Crippen LogP contribution is -2.24. The summed E-state index contributed by atoms with van der Waals surface area (Å²) in [6, 6.07) is 4.62. The third kappa shape index (κ3) is 4.13. The van der Waals surface area contributed by atoms with Gasteiger partial charge < -0.3 is 5.32 Å². The van der Waals surface area contributed by atoms with Gasteiger partial charge in [-0.15, -0.1) is 0 Å². The smallest absolute Gasteiger partial charge is 0.222 e. The number of aryl methyl sites for hydroxylation is 1. The molecule has 0 unspecified atom stereocenters. The topological polar surface area (TPSA) is 59.8 Å². The number of carbonyl (C=O) groups is 1. The molecule has 1 N–H and O–H groups in total. The molecule has 19 heavy (non-hydrogen) atoms. The van der Waals surface area contributed by atoms with E-state index in [1.807, 2.05) is 0 Å². The van der Waals surface area contributed by atoms with Crippen LogP contribution < -0.4 is 5.32 Å². The van der Waals surface area contributed by atoms with Gasteiger partial charge in [-0.2, -0.15) is 5.10 Å². The molecule has 0 fully saturated rings. The Balaban J connectivity index is 1.81. The lowest BCUT2D eigenvalue weighted by atomic mass is 10.2. The summed E-state index contributed by atoms with van der Waals surface area (Å²) in [5.74, 6) is -0.491. The molecule has 0 aliphatic carbocycles. The highest BCUT2D eigenvalue weighted by molar-refractivity contribution is 9.10. The van der Waals surface area contributed by atoms with Crippen LogP contribution in [-0.2, 0) is 17.9 Å². The molecule has 0 atom stereocenters. The van der Waals surface area contributed by atoms with Gasteiger partial charge in [-0.05, 0) is 18.2 Å². The molecule has 0 saturated heterocycles. The van der Waals surface area contributed by atoms with Crippen molar-refractivity contribution in [2.24, 2.45) is 0 Å². The van der Waals surface area contributed by atoms with Crippen LogP contribution in [0.3, 0.4) is 0 Å². The summed E-state index contributed by atoms with van der Waals surface area (Å²) in [5.41, 5.74) is 0.448. The number of aromatic nitrogens is 3. The summed E-state index contributed by atoms with van der Waals surface area (Å²) in [6.45, 7) is 0.619. The van der Waals surface area contributed by atoms with Crippen molar-refractivity contribution in [2.45, 2.75) is 19.5 Å². The lowest BCUT2D eigenvalue weighted by molar-refractivity contribution is -0.121. The van der Waals surface area contributed by atoms with Crippen molar-refractivity contribution in [1.82, 2.24) is 20.1 Å². The lowest BCUT2D eigenvalue weighted by Gasteiger charge is -2.07. The van der Waals surface area contributed by atoms with Crippen molar-refractivity contribution in [3.63, 3.8) is 0 Å². The molecule has 5 nitrogen and oxygen atoms in total. The second kappa shape index (κ2) is 6.42. The SMILES string of the molecule is O=C(CCn1cncn1)NCc1cc(Br)ccc1F. The number of nitrogens with zero attached hydrogens (tertiary/aromatic N) is 3. The largest absolute Gasteiger partial charge is 0.352 e. The van der Waals surface area contributed by atoms with Gasteiger partial charge in [0.05, 0.1) is 6.54 Å². The van der Waals surface area contributed by atoms with E-state index in [2.05, 4.69) is 31.3 Å². The molecule has 7 heteroatoms. The second-order valence-electron chi connectivity index (χ2n) is 3.92. The predicted molar refractivity (Wildman–Crippen MR) is 70.6 cm³/mol. The highest BCUT2D eigenvalue weighted by atomic mass is 79.9. The Kier molecular flexibility index (Phi) is 4.62. The third-order valence-corrected chi connectivity index (χ3v) is 3.01. The quantitative estimate of drug-likeness (QED) is 0.912. The molecule has 1 aromatic heterocycles. The molecule has 0 radical (unpaired) electrons. The van der Waals surface area contributed by atoms with Gasteiger partial charge in [0.25, 0.3) is 0 Å². The van der Waals surface area contributed by atoms with Crippen LogP contribution in [0.4, 0.5) is 4.39 Å². The first kappa shape index (κ1) is 13.7. The van der Waals surface area contributed by atoms with Crippen LogP contribution >= 0.6 is 15.9 Å². The summed E-state index contributed by atoms with van der Waals surface area (Å²) >= 11 is 3.26. The van der Waals surface area contributed by atoms with Crippen LogP contribution in [0.5, 0.6) is 0 Å². The van der Waals surface area contributed by atoms with Crippen molar-refractivity contribution in [1.29, 1.82) is 0 Å². The van der Waals surface area contributed by atoms with Crippen LogP contribution in [-0.4, -0.2) is 20.7 Å². The predicted octanol–water partition coefficient (Wildman–Crippen LogP) is 1.89. The fourth-order valence-electron chi connectivity index (χ4n) is 1.53. The van der Waals surface area contributed by atoms with E-state index in [-0.39, 0.29) is 24.7 Å². The van der Waals surface area contributed by atoms with E-state index in [0.717, 1.165) is 4.47 Å². The fourth-order valence-corrected chi connectivity index (χ4v) is 1.93. The van der Waals surface area contributed by atoms with Crippen molar-refractivity contribution in [3.05, 3.63) is 46.7 Å². The Hall–Kier alpha value is -1.76. The molecule has 0 aliphatic heterocycles. The second-order valence-corrected chi connectivity index (χ2v) is 4.84. The maximum absolute atomic E-state index is 13.4. The number of hydrogen-bond donors (Lipinski definition) is 1. The molecular formula is C12H12BrFN4O. The minimum absolute atomic E-state index is 0.158. The van der Waals surface area contributed by atoms with Crippen molar-refractivity contribution < 1.29 is 9.18 Å². The third-order valence-electron chi connectivity index (χ3n) is 2.52. The summed E-state index contributed by atoms with van der Waals surface area (Å²) in [7, 11) is 0. The van der Waals surface area contributed by atoms with Crippen LogP contribution in [0.1, 0.15) is 12.0 Å². The van der Waals surface area contributed by atoms with E-state index in [9.17, 15) is 9.18 Å². The first-order valence-corrected chi connectivity index (χ1v) is 6.47. The van der Waals surface area contributed by atoms with Crippen LogP contribution in [0.25, 0.3) is 0 Å². The number of halogens is 2. The number of rotatable bonds is 5. The molecule has 2 rings (SSSR count). The Morgan fingerprint density at radius 1 is 1.47 bits per heavy atom. The van der Waals surface area contributed by atoms with E-state index in [1.54, 1.807) is 23.1 Å². The molecule has 1 heterocycles. The Bertz CT molecular complexity index is 559. The highest BCUT2D eigenvalue weighted by Gasteiger charge is 2.06. The van der Waals surface area contributed by atoms with E-state index < -0.39 is 0 Å². The Labute approximate surface area is 118 Å². The summed E-state index contributed by atoms with van der Waals surface area (Å²) in [6.07, 6.45) is 3.23. The van der Waals surface area contributed by atoms with E-state index in [4.69, 9.17) is 0 Å². The average Bonchev–Trinajstić information content (AvgIpc) is 2.90. The molecular weight excluding hydrogens is 315 g/mol. The molecule has 0 saturated carbocycles. The first-order chi connectivity index (χ1) is 9.15. The molecule has 2 aromatic rings. The molecule has 1 amide bonds. The van der Waals surface area contributed by atoms with Crippen molar-refractivity contribution in [2.75, 3.05) is 0 Å². The first-order valence-electron chi connectivity index (χ1n) is 5.68. The van der Waals surface area contributed by atoms with E-state index in [0.29, 0.717) is 12.1 Å². The zero-order valence-electron chi connectivity index (χ0n) is 10.0. The summed E-state index contributed by atoms with van der Waals surface area (Å²) < 4.78 is 15.8. The average molecular weight is 327 g/mol. The van der Waals surface area contributed by atoms with Gasteiger partial charge in [0, 0.05) is 23.0 Å². The van der Waals surface area contributed by atoms with Gasteiger partial charge in [0.2, 0.25) is 5.91 Å². The minimum atomic E-state index is -0.334. The highest BCUT2D eigenvalue weighted by Crippen LogP contribution is 2.15. The van der Waals surface area contributed by atoms with Gasteiger partial charge >= 0.3 is 0 Å². The van der Waals surface area contributed by atoms with Gasteiger partial charge in [0.15, 0.2) is 0 Å². The number of benzene rings is 1. The number of hydrogen-bond acceptors (Lipinski definition) is 3. The molecule has 0 bridgehead atoms. The molecule has 0 aliphatic rings. The maximum Gasteiger partial charge on any atom is 0.222 e. The van der Waals surface area contributed by atoms with Crippen molar-refractivity contribution in [3.8, 4) is 0 Å².